The Bertz CT molecular complexity index is 764. The second-order valence-corrected chi connectivity index (χ2v) is 4.87. The fourth-order valence-electron chi connectivity index (χ4n) is 2.22. The summed E-state index contributed by atoms with van der Waals surface area (Å²) in [4.78, 5) is 39.0. The van der Waals surface area contributed by atoms with Crippen molar-refractivity contribution in [2.45, 2.75) is 13.3 Å². The molecule has 2 rings (SSSR count). The largest absolute Gasteiger partial charge is 0.481 e. The van der Waals surface area contributed by atoms with Gasteiger partial charge in [0.05, 0.1) is 6.42 Å². The van der Waals surface area contributed by atoms with E-state index in [1.54, 1.807) is 19.1 Å². The van der Waals surface area contributed by atoms with Crippen LogP contribution in [-0.2, 0) is 4.79 Å². The molecule has 2 N–H and O–H groups in total. The Hall–Kier alpha value is -2.63. The average molecular weight is 288 g/mol. The van der Waals surface area contributed by atoms with E-state index in [9.17, 15) is 14.4 Å². The Morgan fingerprint density at radius 2 is 1.95 bits per heavy atom. The van der Waals surface area contributed by atoms with Crippen LogP contribution in [0, 0.1) is 6.92 Å². The number of aryl methyl sites for hydroxylation is 1. The van der Waals surface area contributed by atoms with Gasteiger partial charge in [0, 0.05) is 24.5 Å². The van der Waals surface area contributed by atoms with Gasteiger partial charge in [-0.15, -0.1) is 0 Å². The molecule has 0 bridgehead atoms. The van der Waals surface area contributed by atoms with E-state index in [0.29, 0.717) is 11.1 Å². The number of carbonyl (C=O) groups is 2. The molecule has 1 heterocycles. The van der Waals surface area contributed by atoms with Gasteiger partial charge >= 0.3 is 5.97 Å². The number of H-pyrrole nitrogens is 1. The van der Waals surface area contributed by atoms with E-state index in [4.69, 9.17) is 5.11 Å². The number of hydrogen-bond donors (Lipinski definition) is 2. The first-order valence-corrected chi connectivity index (χ1v) is 6.50. The first-order chi connectivity index (χ1) is 9.91. The highest BCUT2D eigenvalue weighted by molar-refractivity contribution is 5.99. The molecule has 0 unspecified atom stereocenters. The molecule has 0 atom stereocenters. The van der Waals surface area contributed by atoms with Gasteiger partial charge in [-0.05, 0) is 18.6 Å². The molecule has 0 aliphatic heterocycles. The minimum absolute atomic E-state index is 0.0554. The second kappa shape index (κ2) is 5.78. The van der Waals surface area contributed by atoms with Crippen LogP contribution in [0.3, 0.4) is 0 Å². The Labute approximate surface area is 121 Å². The van der Waals surface area contributed by atoms with E-state index in [1.165, 1.54) is 11.9 Å². The summed E-state index contributed by atoms with van der Waals surface area (Å²) in [5.74, 6) is -1.46. The Kier molecular flexibility index (Phi) is 4.07. The van der Waals surface area contributed by atoms with Crippen LogP contribution in [0.5, 0.6) is 0 Å². The number of nitrogens with zero attached hydrogens (tertiary/aromatic N) is 1. The number of aromatic nitrogens is 1. The van der Waals surface area contributed by atoms with Crippen LogP contribution < -0.4 is 5.56 Å². The minimum Gasteiger partial charge on any atom is -0.481 e. The molecule has 0 radical (unpaired) electrons. The molecule has 1 aromatic heterocycles. The molecule has 1 aromatic carbocycles. The van der Waals surface area contributed by atoms with Crippen molar-refractivity contribution in [1.82, 2.24) is 9.88 Å². The summed E-state index contributed by atoms with van der Waals surface area (Å²) >= 11 is 0. The predicted molar refractivity (Wildman–Crippen MR) is 78.5 cm³/mol. The minimum atomic E-state index is -0.987. The summed E-state index contributed by atoms with van der Waals surface area (Å²) in [7, 11) is 1.49. The van der Waals surface area contributed by atoms with Crippen LogP contribution >= 0.6 is 0 Å². The quantitative estimate of drug-likeness (QED) is 0.889. The number of fused-ring (bicyclic) bond motifs is 1. The van der Waals surface area contributed by atoms with E-state index < -0.39 is 17.4 Å². The highest BCUT2D eigenvalue weighted by Crippen LogP contribution is 2.17. The lowest BCUT2D eigenvalue weighted by Crippen LogP contribution is -2.34. The Balaban J connectivity index is 2.44. The van der Waals surface area contributed by atoms with Gasteiger partial charge in [0.25, 0.3) is 11.5 Å². The molecule has 1 amide bonds. The van der Waals surface area contributed by atoms with E-state index in [-0.39, 0.29) is 18.5 Å². The number of benzene rings is 1. The first-order valence-electron chi connectivity index (χ1n) is 6.50. The zero-order chi connectivity index (χ0) is 15.6. The number of aromatic amines is 1. The van der Waals surface area contributed by atoms with Crippen molar-refractivity contribution in [1.29, 1.82) is 0 Å². The molecule has 0 saturated heterocycles. The van der Waals surface area contributed by atoms with Crippen LogP contribution in [0.1, 0.15) is 22.3 Å². The van der Waals surface area contributed by atoms with Crippen molar-refractivity contribution in [2.24, 2.45) is 0 Å². The zero-order valence-electron chi connectivity index (χ0n) is 11.8. The van der Waals surface area contributed by atoms with Crippen molar-refractivity contribution in [3.63, 3.8) is 0 Å². The molecule has 6 nitrogen and oxygen atoms in total. The lowest BCUT2D eigenvalue weighted by molar-refractivity contribution is -0.137. The van der Waals surface area contributed by atoms with Crippen molar-refractivity contribution >= 4 is 22.8 Å². The number of nitrogens with one attached hydrogen (secondary N) is 1. The standard InChI is InChI=1S/C15H16N2O4/c1-9-10-5-3-4-6-11(10)16-14(20)13(9)15(21)17(2)8-7-12(18)19/h3-6H,7-8H2,1-2H3,(H,16,20)(H,18,19). The number of carboxylic acid groups (broad SMARTS) is 1. The number of hydrogen-bond acceptors (Lipinski definition) is 3. The monoisotopic (exact) mass is 288 g/mol. The lowest BCUT2D eigenvalue weighted by Gasteiger charge is -2.17. The molecular formula is C15H16N2O4. The highest BCUT2D eigenvalue weighted by Gasteiger charge is 2.20. The van der Waals surface area contributed by atoms with Crippen LogP contribution in [-0.4, -0.2) is 40.5 Å². The third kappa shape index (κ3) is 2.94. The van der Waals surface area contributed by atoms with Crippen LogP contribution in [0.4, 0.5) is 0 Å². The highest BCUT2D eigenvalue weighted by atomic mass is 16.4. The molecular weight excluding hydrogens is 272 g/mol. The van der Waals surface area contributed by atoms with E-state index in [1.807, 2.05) is 12.1 Å². The molecule has 0 spiro atoms. The van der Waals surface area contributed by atoms with Gasteiger partial charge in [-0.3, -0.25) is 14.4 Å². The molecule has 2 aromatic rings. The van der Waals surface area contributed by atoms with Gasteiger partial charge in [0.2, 0.25) is 0 Å². The number of amides is 1. The maximum absolute atomic E-state index is 12.4. The summed E-state index contributed by atoms with van der Waals surface area (Å²) in [6.07, 6.45) is -0.160. The smallest absolute Gasteiger partial charge is 0.305 e. The molecule has 6 heteroatoms. The van der Waals surface area contributed by atoms with Gasteiger partial charge in [-0.2, -0.15) is 0 Å². The number of pyridine rings is 1. The Morgan fingerprint density at radius 1 is 1.29 bits per heavy atom. The predicted octanol–water partition coefficient (Wildman–Crippen LogP) is 1.38. The molecule has 0 saturated carbocycles. The SMILES string of the molecule is Cc1c(C(=O)N(C)CCC(=O)O)c(=O)[nH]c2ccccc12. The number of carbonyl (C=O) groups excluding carboxylic acids is 1. The van der Waals surface area contributed by atoms with Gasteiger partial charge in [-0.1, -0.05) is 18.2 Å². The topological polar surface area (TPSA) is 90.5 Å². The fourth-order valence-corrected chi connectivity index (χ4v) is 2.22. The molecule has 0 aliphatic rings. The van der Waals surface area contributed by atoms with E-state index in [0.717, 1.165) is 5.39 Å². The normalized spacial score (nSPS) is 10.6. The van der Waals surface area contributed by atoms with Crippen molar-refractivity contribution in [3.05, 3.63) is 45.7 Å². The maximum atomic E-state index is 12.4. The summed E-state index contributed by atoms with van der Waals surface area (Å²) in [5.41, 5.74) is 0.867. The van der Waals surface area contributed by atoms with Gasteiger partial charge in [0.1, 0.15) is 5.56 Å². The third-order valence-corrected chi connectivity index (χ3v) is 3.40. The summed E-state index contributed by atoms with van der Waals surface area (Å²) in [5, 5.41) is 9.46. The number of rotatable bonds is 4. The maximum Gasteiger partial charge on any atom is 0.305 e. The fraction of sp³-hybridized carbons (Fsp3) is 0.267. The lowest BCUT2D eigenvalue weighted by atomic mass is 10.0. The molecule has 0 fully saturated rings. The van der Waals surface area contributed by atoms with E-state index >= 15 is 0 Å². The summed E-state index contributed by atoms with van der Waals surface area (Å²) in [6.45, 7) is 1.77. The van der Waals surface area contributed by atoms with E-state index in [2.05, 4.69) is 4.98 Å². The number of aliphatic carboxylic acids is 1. The third-order valence-electron chi connectivity index (χ3n) is 3.40. The summed E-state index contributed by atoms with van der Waals surface area (Å²) in [6, 6.07) is 7.23. The Morgan fingerprint density at radius 3 is 2.62 bits per heavy atom. The van der Waals surface area contributed by atoms with Crippen LogP contribution in [0.25, 0.3) is 10.9 Å². The van der Waals surface area contributed by atoms with Crippen LogP contribution in [0.2, 0.25) is 0 Å². The zero-order valence-corrected chi connectivity index (χ0v) is 11.8. The molecule has 0 aliphatic carbocycles. The van der Waals surface area contributed by atoms with Gasteiger partial charge in [0.15, 0.2) is 0 Å². The summed E-state index contributed by atoms with van der Waals surface area (Å²) < 4.78 is 0. The van der Waals surface area contributed by atoms with Gasteiger partial charge in [-0.25, -0.2) is 0 Å². The average Bonchev–Trinajstić information content (AvgIpc) is 2.44. The molecule has 110 valence electrons. The van der Waals surface area contributed by atoms with Crippen LogP contribution in [0.15, 0.2) is 29.1 Å². The van der Waals surface area contributed by atoms with Crippen molar-refractivity contribution in [2.75, 3.05) is 13.6 Å². The van der Waals surface area contributed by atoms with Crippen molar-refractivity contribution < 1.29 is 14.7 Å². The number of para-hydroxylation sites is 1. The molecule has 21 heavy (non-hydrogen) atoms. The number of carboxylic acids is 1. The first kappa shape index (κ1) is 14.8. The van der Waals surface area contributed by atoms with Gasteiger partial charge < -0.3 is 15.0 Å². The second-order valence-electron chi connectivity index (χ2n) is 4.87. The van der Waals surface area contributed by atoms with Crippen molar-refractivity contribution in [3.8, 4) is 0 Å².